The van der Waals surface area contributed by atoms with Gasteiger partial charge < -0.3 is 15.4 Å². The van der Waals surface area contributed by atoms with Crippen molar-refractivity contribution in [2.75, 3.05) is 24.3 Å². The summed E-state index contributed by atoms with van der Waals surface area (Å²) in [5.74, 6) is 2.03. The Hall–Kier alpha value is -2.86. The second-order valence-corrected chi connectivity index (χ2v) is 6.11. The van der Waals surface area contributed by atoms with Crippen molar-refractivity contribution in [1.82, 2.24) is 15.2 Å². The molecule has 0 unspecified atom stereocenters. The van der Waals surface area contributed by atoms with Crippen molar-refractivity contribution in [3.8, 4) is 5.75 Å². The van der Waals surface area contributed by atoms with Crippen LogP contribution in [0.25, 0.3) is 0 Å². The van der Waals surface area contributed by atoms with E-state index in [4.69, 9.17) is 16.3 Å². The summed E-state index contributed by atoms with van der Waals surface area (Å²) in [5, 5.41) is 15.1. The molecule has 6 nitrogen and oxygen atoms in total. The number of hydrogen-bond donors (Lipinski definition) is 2. The van der Waals surface area contributed by atoms with E-state index in [2.05, 4.69) is 37.9 Å². The molecule has 26 heavy (non-hydrogen) atoms. The van der Waals surface area contributed by atoms with Crippen LogP contribution in [0.4, 0.5) is 11.8 Å². The highest BCUT2D eigenvalue weighted by molar-refractivity contribution is 6.30. The minimum absolute atomic E-state index is 0.481. The van der Waals surface area contributed by atoms with Gasteiger partial charge in [-0.05, 0) is 41.8 Å². The van der Waals surface area contributed by atoms with E-state index in [9.17, 15) is 0 Å². The van der Waals surface area contributed by atoms with Crippen LogP contribution in [-0.4, -0.2) is 28.8 Å². The molecule has 134 valence electrons. The number of rotatable bonds is 8. The fourth-order valence-electron chi connectivity index (χ4n) is 2.37. The summed E-state index contributed by atoms with van der Waals surface area (Å²) in [5.41, 5.74) is 2.32. The summed E-state index contributed by atoms with van der Waals surface area (Å²) >= 11 is 5.89. The maximum absolute atomic E-state index is 5.89. The van der Waals surface area contributed by atoms with Gasteiger partial charge >= 0.3 is 0 Å². The second kappa shape index (κ2) is 9.01. The van der Waals surface area contributed by atoms with E-state index >= 15 is 0 Å². The van der Waals surface area contributed by atoms with Crippen LogP contribution in [-0.2, 0) is 13.0 Å². The third-order valence-electron chi connectivity index (χ3n) is 3.80. The van der Waals surface area contributed by atoms with Gasteiger partial charge in [-0.3, -0.25) is 0 Å². The van der Waals surface area contributed by atoms with Gasteiger partial charge in [-0.25, -0.2) is 0 Å². The lowest BCUT2D eigenvalue weighted by molar-refractivity contribution is 0.414. The molecular weight excluding hydrogens is 350 g/mol. The number of nitrogens with zero attached hydrogens (tertiary/aromatic N) is 3. The summed E-state index contributed by atoms with van der Waals surface area (Å²) in [6.45, 7) is 1.36. The highest BCUT2D eigenvalue weighted by Crippen LogP contribution is 2.13. The van der Waals surface area contributed by atoms with Crippen molar-refractivity contribution >= 4 is 23.4 Å². The third-order valence-corrected chi connectivity index (χ3v) is 4.05. The molecule has 2 aromatic carbocycles. The average Bonchev–Trinajstić information content (AvgIpc) is 2.68. The van der Waals surface area contributed by atoms with Crippen molar-refractivity contribution in [1.29, 1.82) is 0 Å². The lowest BCUT2D eigenvalue weighted by atomic mass is 10.1. The van der Waals surface area contributed by atoms with Gasteiger partial charge in [0.1, 0.15) is 5.75 Å². The molecule has 2 N–H and O–H groups in total. The molecule has 0 bridgehead atoms. The standard InChI is InChI=1S/C19H20ClN5O/c1-26-17-8-4-14(5-9-17)10-11-21-18-13-23-25-19(24-18)22-12-15-2-6-16(20)7-3-15/h2-9,13H,10-12H2,1H3,(H2,21,22,24,25). The molecule has 7 heteroatoms. The highest BCUT2D eigenvalue weighted by atomic mass is 35.5. The van der Waals surface area contributed by atoms with Crippen LogP contribution in [0, 0.1) is 0 Å². The molecule has 0 aliphatic carbocycles. The van der Waals surface area contributed by atoms with Crippen molar-refractivity contribution in [3.05, 3.63) is 70.9 Å². The third kappa shape index (κ3) is 5.32. The van der Waals surface area contributed by atoms with Gasteiger partial charge in [0.2, 0.25) is 5.95 Å². The average molecular weight is 370 g/mol. The number of methoxy groups -OCH3 is 1. The lowest BCUT2D eigenvalue weighted by Crippen LogP contribution is -2.10. The van der Waals surface area contributed by atoms with Crippen molar-refractivity contribution < 1.29 is 4.74 Å². The van der Waals surface area contributed by atoms with E-state index in [0.717, 1.165) is 29.3 Å². The van der Waals surface area contributed by atoms with Crippen molar-refractivity contribution in [3.63, 3.8) is 0 Å². The number of ether oxygens (including phenoxy) is 1. The van der Waals surface area contributed by atoms with Crippen LogP contribution in [0.15, 0.2) is 54.7 Å². The zero-order valence-corrected chi connectivity index (χ0v) is 15.2. The summed E-state index contributed by atoms with van der Waals surface area (Å²) in [6, 6.07) is 15.7. The first-order valence-corrected chi connectivity index (χ1v) is 8.65. The number of aromatic nitrogens is 3. The van der Waals surface area contributed by atoms with Gasteiger partial charge in [0.05, 0.1) is 13.3 Å². The maximum atomic E-state index is 5.89. The summed E-state index contributed by atoms with van der Waals surface area (Å²) in [7, 11) is 1.66. The summed E-state index contributed by atoms with van der Waals surface area (Å²) in [4.78, 5) is 4.42. The predicted octanol–water partition coefficient (Wildman–Crippen LogP) is 3.80. The molecule has 0 atom stereocenters. The first-order chi connectivity index (χ1) is 12.7. The number of nitrogens with one attached hydrogen (secondary N) is 2. The fraction of sp³-hybridized carbons (Fsp3) is 0.211. The first-order valence-electron chi connectivity index (χ1n) is 8.28. The molecule has 0 fully saturated rings. The Balaban J connectivity index is 1.49. The Labute approximate surface area is 157 Å². The van der Waals surface area contributed by atoms with Crippen LogP contribution < -0.4 is 15.4 Å². The Morgan fingerprint density at radius 1 is 0.962 bits per heavy atom. The molecule has 0 amide bonds. The molecule has 3 rings (SSSR count). The van der Waals surface area contributed by atoms with Crippen LogP contribution in [0.2, 0.25) is 5.02 Å². The van der Waals surface area contributed by atoms with Crippen LogP contribution >= 0.6 is 11.6 Å². The van der Waals surface area contributed by atoms with E-state index in [-0.39, 0.29) is 0 Å². The van der Waals surface area contributed by atoms with Crippen LogP contribution in [0.5, 0.6) is 5.75 Å². The van der Waals surface area contributed by atoms with E-state index < -0.39 is 0 Å². The highest BCUT2D eigenvalue weighted by Gasteiger charge is 2.01. The van der Waals surface area contributed by atoms with Gasteiger partial charge in [-0.1, -0.05) is 35.9 Å². The van der Waals surface area contributed by atoms with E-state index in [1.165, 1.54) is 5.56 Å². The summed E-state index contributed by atoms with van der Waals surface area (Å²) in [6.07, 6.45) is 2.49. The van der Waals surface area contributed by atoms with Gasteiger partial charge in [0, 0.05) is 18.1 Å². The van der Waals surface area contributed by atoms with E-state index in [1.807, 2.05) is 36.4 Å². The molecule has 0 saturated heterocycles. The van der Waals surface area contributed by atoms with Crippen molar-refractivity contribution in [2.24, 2.45) is 0 Å². The molecule has 0 radical (unpaired) electrons. The van der Waals surface area contributed by atoms with Gasteiger partial charge in [-0.2, -0.15) is 10.1 Å². The van der Waals surface area contributed by atoms with Crippen molar-refractivity contribution in [2.45, 2.75) is 13.0 Å². The summed E-state index contributed by atoms with van der Waals surface area (Å²) < 4.78 is 5.16. The van der Waals surface area contributed by atoms with Crippen LogP contribution in [0.1, 0.15) is 11.1 Å². The topological polar surface area (TPSA) is 72.0 Å². The minimum Gasteiger partial charge on any atom is -0.497 e. The molecule has 1 aromatic heterocycles. The SMILES string of the molecule is COc1ccc(CCNc2cnnc(NCc3ccc(Cl)cc3)n2)cc1. The Morgan fingerprint density at radius 2 is 1.69 bits per heavy atom. The van der Waals surface area contributed by atoms with Gasteiger partial charge in [0.15, 0.2) is 5.82 Å². The van der Waals surface area contributed by atoms with Crippen LogP contribution in [0.3, 0.4) is 0 Å². The van der Waals surface area contributed by atoms with Gasteiger partial charge in [0.25, 0.3) is 0 Å². The largest absolute Gasteiger partial charge is 0.497 e. The van der Waals surface area contributed by atoms with E-state index in [1.54, 1.807) is 13.3 Å². The Bertz CT molecular complexity index is 824. The normalized spacial score (nSPS) is 10.4. The molecule has 0 saturated carbocycles. The number of hydrogen-bond acceptors (Lipinski definition) is 6. The molecular formula is C19H20ClN5O. The Kier molecular flexibility index (Phi) is 6.22. The minimum atomic E-state index is 0.481. The molecule has 3 aromatic rings. The lowest BCUT2D eigenvalue weighted by Gasteiger charge is -2.08. The fourth-order valence-corrected chi connectivity index (χ4v) is 2.50. The predicted molar refractivity (Wildman–Crippen MR) is 104 cm³/mol. The quantitative estimate of drug-likeness (QED) is 0.629. The zero-order valence-electron chi connectivity index (χ0n) is 14.4. The molecule has 0 aliphatic rings. The number of benzene rings is 2. The smallest absolute Gasteiger partial charge is 0.244 e. The van der Waals surface area contributed by atoms with Gasteiger partial charge in [-0.15, -0.1) is 5.10 Å². The zero-order chi connectivity index (χ0) is 18.2. The maximum Gasteiger partial charge on any atom is 0.244 e. The molecule has 0 aliphatic heterocycles. The molecule has 1 heterocycles. The Morgan fingerprint density at radius 3 is 2.42 bits per heavy atom. The second-order valence-electron chi connectivity index (χ2n) is 5.67. The van der Waals surface area contributed by atoms with E-state index in [0.29, 0.717) is 18.3 Å². The molecule has 0 spiro atoms. The first kappa shape index (κ1) is 17.9. The number of halogens is 1. The number of anilines is 2. The monoisotopic (exact) mass is 369 g/mol.